The van der Waals surface area contributed by atoms with Gasteiger partial charge in [-0.15, -0.1) is 11.3 Å². The second kappa shape index (κ2) is 8.91. The second-order valence-electron chi connectivity index (χ2n) is 6.68. The first kappa shape index (κ1) is 22.2. The molecule has 0 aliphatic carbocycles. The minimum Gasteiger partial charge on any atom is -0.497 e. The summed E-state index contributed by atoms with van der Waals surface area (Å²) in [5.41, 5.74) is -1.92. The summed E-state index contributed by atoms with van der Waals surface area (Å²) in [4.78, 5) is 15.9. The molecule has 0 spiro atoms. The van der Waals surface area contributed by atoms with Crippen molar-refractivity contribution >= 4 is 17.2 Å². The van der Waals surface area contributed by atoms with Crippen LogP contribution in [0.3, 0.4) is 0 Å². The van der Waals surface area contributed by atoms with Gasteiger partial charge in [0.1, 0.15) is 10.8 Å². The van der Waals surface area contributed by atoms with E-state index < -0.39 is 29.1 Å². The van der Waals surface area contributed by atoms with Crippen molar-refractivity contribution in [2.75, 3.05) is 7.11 Å². The summed E-state index contributed by atoms with van der Waals surface area (Å²) in [5.74, 6) is -0.149. The topological polar surface area (TPSA) is 71.5 Å². The Hall–Kier alpha value is -2.13. The molecule has 9 heteroatoms. The van der Waals surface area contributed by atoms with E-state index in [-0.39, 0.29) is 6.04 Å². The minimum absolute atomic E-state index is 0.356. The second-order valence-corrected chi connectivity index (χ2v) is 7.54. The Balaban J connectivity index is 1.96. The van der Waals surface area contributed by atoms with E-state index in [2.05, 4.69) is 10.3 Å². The van der Waals surface area contributed by atoms with E-state index in [4.69, 9.17) is 4.74 Å². The monoisotopic (exact) mass is 416 g/mol. The molecule has 0 radical (unpaired) electrons. The number of rotatable bonds is 8. The summed E-state index contributed by atoms with van der Waals surface area (Å²) in [6.07, 6.45) is -4.96. The van der Waals surface area contributed by atoms with Gasteiger partial charge in [0.15, 0.2) is 0 Å². The third-order valence-corrected chi connectivity index (χ3v) is 5.40. The lowest BCUT2D eigenvalue weighted by atomic mass is 9.98. The first-order chi connectivity index (χ1) is 13.0. The highest BCUT2D eigenvalue weighted by Crippen LogP contribution is 2.42. The van der Waals surface area contributed by atoms with Crippen LogP contribution >= 0.6 is 11.3 Å². The zero-order valence-electron chi connectivity index (χ0n) is 15.8. The maximum atomic E-state index is 13.5. The number of alkyl halides is 3. The van der Waals surface area contributed by atoms with E-state index in [0.717, 1.165) is 11.3 Å². The summed E-state index contributed by atoms with van der Waals surface area (Å²) >= 11 is 0.683. The molecule has 2 aromatic rings. The van der Waals surface area contributed by atoms with Crippen molar-refractivity contribution in [2.45, 2.75) is 50.9 Å². The molecule has 5 nitrogen and oxygen atoms in total. The van der Waals surface area contributed by atoms with E-state index in [9.17, 15) is 23.1 Å². The highest BCUT2D eigenvalue weighted by molar-refractivity contribution is 7.09. The number of ether oxygens (including phenoxy) is 1. The van der Waals surface area contributed by atoms with Gasteiger partial charge in [0.05, 0.1) is 13.5 Å². The number of amides is 1. The number of nitrogens with one attached hydrogen (secondary N) is 1. The van der Waals surface area contributed by atoms with Gasteiger partial charge in [0.2, 0.25) is 11.5 Å². The molecule has 0 aliphatic heterocycles. The molecular formula is C19H23F3N2O3S. The number of aliphatic hydroxyl groups is 1. The van der Waals surface area contributed by atoms with E-state index in [1.807, 2.05) is 24.3 Å². The third-order valence-electron chi connectivity index (χ3n) is 4.29. The van der Waals surface area contributed by atoms with Gasteiger partial charge < -0.3 is 15.2 Å². The standard InChI is InChI=1S/C19H23F3N2O3S/c1-12(4-5-14-6-8-15(27-3)9-7-14)23-16(25)10-18(26,19(20,21)22)17-24-13(2)11-28-17/h6-9,11-12,26H,4-5,10H2,1-3H3,(H,23,25). The number of benzene rings is 1. The SMILES string of the molecule is COc1ccc(CCC(C)NC(=O)CC(O)(c2nc(C)cs2)C(F)(F)F)cc1. The largest absolute Gasteiger partial charge is 0.497 e. The fourth-order valence-electron chi connectivity index (χ4n) is 2.65. The van der Waals surface area contributed by atoms with Crippen LogP contribution in [0.15, 0.2) is 29.6 Å². The highest BCUT2D eigenvalue weighted by atomic mass is 32.1. The Morgan fingerprint density at radius 2 is 1.96 bits per heavy atom. The van der Waals surface area contributed by atoms with Gasteiger partial charge in [-0.1, -0.05) is 12.1 Å². The lowest BCUT2D eigenvalue weighted by Crippen LogP contribution is -2.47. The van der Waals surface area contributed by atoms with Crippen LogP contribution in [0, 0.1) is 6.92 Å². The van der Waals surface area contributed by atoms with Gasteiger partial charge >= 0.3 is 6.18 Å². The van der Waals surface area contributed by atoms with Gasteiger partial charge in [-0.3, -0.25) is 4.79 Å². The Morgan fingerprint density at radius 3 is 2.46 bits per heavy atom. The third kappa shape index (κ3) is 5.45. The molecule has 28 heavy (non-hydrogen) atoms. The Labute approximate surface area is 165 Å². The number of aromatic nitrogens is 1. The van der Waals surface area contributed by atoms with Crippen molar-refractivity contribution in [3.8, 4) is 5.75 Å². The lowest BCUT2D eigenvalue weighted by molar-refractivity contribution is -0.267. The minimum atomic E-state index is -5.01. The van der Waals surface area contributed by atoms with Crippen LogP contribution in [0.1, 0.15) is 36.0 Å². The van der Waals surface area contributed by atoms with Crippen LogP contribution in [0.4, 0.5) is 13.2 Å². The number of carbonyl (C=O) groups excluding carboxylic acids is 1. The molecule has 1 aromatic heterocycles. The molecule has 2 atom stereocenters. The van der Waals surface area contributed by atoms with Crippen LogP contribution in [0.5, 0.6) is 5.75 Å². The summed E-state index contributed by atoms with van der Waals surface area (Å²) in [6.45, 7) is 3.24. The number of halogens is 3. The van der Waals surface area contributed by atoms with Gasteiger partial charge in [0, 0.05) is 17.1 Å². The van der Waals surface area contributed by atoms with Crippen LogP contribution < -0.4 is 10.1 Å². The number of carbonyl (C=O) groups is 1. The maximum absolute atomic E-state index is 13.5. The molecular weight excluding hydrogens is 393 g/mol. The van der Waals surface area contributed by atoms with E-state index in [0.29, 0.717) is 29.9 Å². The predicted octanol–water partition coefficient (Wildman–Crippen LogP) is 3.74. The summed E-state index contributed by atoms with van der Waals surface area (Å²) in [5, 5.41) is 13.6. The van der Waals surface area contributed by atoms with Gasteiger partial charge in [-0.2, -0.15) is 13.2 Å². The molecule has 0 saturated heterocycles. The van der Waals surface area contributed by atoms with Gasteiger partial charge in [-0.25, -0.2) is 4.98 Å². The van der Waals surface area contributed by atoms with Crippen molar-refractivity contribution in [1.82, 2.24) is 10.3 Å². The van der Waals surface area contributed by atoms with E-state index in [1.54, 1.807) is 14.0 Å². The summed E-state index contributed by atoms with van der Waals surface area (Å²) < 4.78 is 45.4. The first-order valence-corrected chi connectivity index (χ1v) is 9.57. The quantitative estimate of drug-likeness (QED) is 0.688. The van der Waals surface area contributed by atoms with Crippen molar-refractivity contribution in [3.63, 3.8) is 0 Å². The fraction of sp³-hybridized carbons (Fsp3) is 0.474. The van der Waals surface area contributed by atoms with Crippen LogP contribution in [0.25, 0.3) is 0 Å². The molecule has 0 saturated carbocycles. The van der Waals surface area contributed by atoms with Crippen LogP contribution in [-0.4, -0.2) is 35.3 Å². The average molecular weight is 416 g/mol. The van der Waals surface area contributed by atoms with E-state index >= 15 is 0 Å². The number of hydrogen-bond acceptors (Lipinski definition) is 5. The molecule has 2 rings (SSSR count). The zero-order chi connectivity index (χ0) is 20.9. The average Bonchev–Trinajstić information content (AvgIpc) is 3.06. The van der Waals surface area contributed by atoms with Crippen LogP contribution in [-0.2, 0) is 16.8 Å². The molecule has 0 aliphatic rings. The van der Waals surface area contributed by atoms with Crippen molar-refractivity contribution in [3.05, 3.63) is 45.9 Å². The Morgan fingerprint density at radius 1 is 1.32 bits per heavy atom. The molecule has 1 aromatic carbocycles. The molecule has 1 amide bonds. The molecule has 154 valence electrons. The van der Waals surface area contributed by atoms with Gasteiger partial charge in [-0.05, 0) is 44.4 Å². The molecule has 2 unspecified atom stereocenters. The smallest absolute Gasteiger partial charge is 0.424 e. The zero-order valence-corrected chi connectivity index (χ0v) is 16.7. The Kier molecular flexibility index (Phi) is 7.06. The van der Waals surface area contributed by atoms with E-state index in [1.165, 1.54) is 12.3 Å². The van der Waals surface area contributed by atoms with Crippen LogP contribution in [0.2, 0.25) is 0 Å². The summed E-state index contributed by atoms with van der Waals surface area (Å²) in [6, 6.07) is 7.06. The number of methoxy groups -OCH3 is 1. The maximum Gasteiger partial charge on any atom is 0.424 e. The number of nitrogens with zero attached hydrogens (tertiary/aromatic N) is 1. The summed E-state index contributed by atoms with van der Waals surface area (Å²) in [7, 11) is 1.57. The van der Waals surface area contributed by atoms with Crippen molar-refractivity contribution in [2.24, 2.45) is 0 Å². The fourth-order valence-corrected chi connectivity index (χ4v) is 3.56. The van der Waals surface area contributed by atoms with Crippen molar-refractivity contribution in [1.29, 1.82) is 0 Å². The molecule has 2 N–H and O–H groups in total. The molecule has 0 bridgehead atoms. The first-order valence-electron chi connectivity index (χ1n) is 8.69. The highest BCUT2D eigenvalue weighted by Gasteiger charge is 2.58. The normalized spacial score (nSPS) is 15.0. The molecule has 1 heterocycles. The lowest BCUT2D eigenvalue weighted by Gasteiger charge is -2.28. The Bertz CT molecular complexity index is 792. The van der Waals surface area contributed by atoms with Gasteiger partial charge in [0.25, 0.3) is 0 Å². The van der Waals surface area contributed by atoms with Crippen molar-refractivity contribution < 1.29 is 27.8 Å². The number of hydrogen-bond donors (Lipinski definition) is 2. The molecule has 0 fully saturated rings. The predicted molar refractivity (Wildman–Crippen MR) is 100 cm³/mol. The number of aryl methyl sites for hydroxylation is 2. The number of thiazole rings is 1.